The van der Waals surface area contributed by atoms with Crippen molar-refractivity contribution in [2.45, 2.75) is 18.8 Å². The first-order valence-electron chi connectivity index (χ1n) is 5.66. The van der Waals surface area contributed by atoms with Crippen LogP contribution in [-0.2, 0) is 0 Å². The molecule has 0 bridgehead atoms. The van der Waals surface area contributed by atoms with Gasteiger partial charge in [0.05, 0.1) is 4.47 Å². The SMILES string of the molecule is Nc1c(-c2ccc(Br)c(F)c2)nc(C2CC2)n1N. The fourth-order valence-electron chi connectivity index (χ4n) is 1.95. The molecule has 0 radical (unpaired) electrons. The maximum Gasteiger partial charge on any atom is 0.150 e. The predicted octanol–water partition coefficient (Wildman–Crippen LogP) is 2.63. The largest absolute Gasteiger partial charge is 0.382 e. The van der Waals surface area contributed by atoms with E-state index >= 15 is 0 Å². The monoisotopic (exact) mass is 310 g/mol. The fraction of sp³-hybridized carbons (Fsp3) is 0.250. The van der Waals surface area contributed by atoms with Crippen LogP contribution in [0, 0.1) is 5.82 Å². The second-order valence-electron chi connectivity index (χ2n) is 4.48. The number of halogens is 2. The molecule has 18 heavy (non-hydrogen) atoms. The van der Waals surface area contributed by atoms with Crippen molar-refractivity contribution in [2.75, 3.05) is 11.6 Å². The maximum atomic E-state index is 13.5. The number of hydrogen-bond donors (Lipinski definition) is 2. The van der Waals surface area contributed by atoms with Crippen LogP contribution < -0.4 is 11.6 Å². The number of nitrogens with two attached hydrogens (primary N) is 2. The Hall–Kier alpha value is -1.56. The summed E-state index contributed by atoms with van der Waals surface area (Å²) in [6.45, 7) is 0. The Morgan fingerprint density at radius 1 is 1.39 bits per heavy atom. The molecule has 1 aromatic carbocycles. The quantitative estimate of drug-likeness (QED) is 0.838. The van der Waals surface area contributed by atoms with E-state index in [2.05, 4.69) is 20.9 Å². The Kier molecular flexibility index (Phi) is 2.55. The molecule has 94 valence electrons. The van der Waals surface area contributed by atoms with Crippen molar-refractivity contribution in [3.05, 3.63) is 34.3 Å². The smallest absolute Gasteiger partial charge is 0.150 e. The number of rotatable bonds is 2. The van der Waals surface area contributed by atoms with E-state index in [0.717, 1.165) is 18.7 Å². The summed E-state index contributed by atoms with van der Waals surface area (Å²) in [7, 11) is 0. The fourth-order valence-corrected chi connectivity index (χ4v) is 2.20. The van der Waals surface area contributed by atoms with Gasteiger partial charge in [-0.1, -0.05) is 6.07 Å². The van der Waals surface area contributed by atoms with Crippen LogP contribution in [0.1, 0.15) is 24.6 Å². The van der Waals surface area contributed by atoms with Gasteiger partial charge in [0.15, 0.2) is 5.82 Å². The van der Waals surface area contributed by atoms with Gasteiger partial charge in [0, 0.05) is 11.5 Å². The molecular formula is C12H12BrFN4. The maximum absolute atomic E-state index is 13.5. The second kappa shape index (κ2) is 3.98. The lowest BCUT2D eigenvalue weighted by atomic mass is 10.1. The number of imidazole rings is 1. The molecule has 1 saturated carbocycles. The van der Waals surface area contributed by atoms with Crippen molar-refractivity contribution >= 4 is 21.7 Å². The van der Waals surface area contributed by atoms with Crippen LogP contribution >= 0.6 is 15.9 Å². The molecule has 1 aliphatic rings. The summed E-state index contributed by atoms with van der Waals surface area (Å²) >= 11 is 3.12. The van der Waals surface area contributed by atoms with Crippen molar-refractivity contribution in [3.63, 3.8) is 0 Å². The van der Waals surface area contributed by atoms with Gasteiger partial charge in [-0.25, -0.2) is 14.1 Å². The van der Waals surface area contributed by atoms with Gasteiger partial charge in [-0.15, -0.1) is 0 Å². The van der Waals surface area contributed by atoms with Crippen LogP contribution in [0.5, 0.6) is 0 Å². The van der Waals surface area contributed by atoms with Gasteiger partial charge in [-0.3, -0.25) is 0 Å². The van der Waals surface area contributed by atoms with Crippen molar-refractivity contribution in [2.24, 2.45) is 0 Å². The summed E-state index contributed by atoms with van der Waals surface area (Å²) < 4.78 is 15.3. The van der Waals surface area contributed by atoms with Crippen LogP contribution in [0.25, 0.3) is 11.3 Å². The van der Waals surface area contributed by atoms with E-state index in [4.69, 9.17) is 11.6 Å². The van der Waals surface area contributed by atoms with Crippen LogP contribution in [-0.4, -0.2) is 9.66 Å². The molecule has 1 heterocycles. The van der Waals surface area contributed by atoms with Crippen LogP contribution in [0.3, 0.4) is 0 Å². The molecule has 0 spiro atoms. The van der Waals surface area contributed by atoms with Crippen LogP contribution in [0.15, 0.2) is 22.7 Å². The van der Waals surface area contributed by atoms with Crippen LogP contribution in [0.4, 0.5) is 10.2 Å². The van der Waals surface area contributed by atoms with E-state index in [1.807, 2.05) is 0 Å². The number of benzene rings is 1. The number of nitrogen functional groups attached to an aromatic ring is 2. The lowest BCUT2D eigenvalue weighted by Crippen LogP contribution is -2.14. The minimum atomic E-state index is -0.341. The summed E-state index contributed by atoms with van der Waals surface area (Å²) in [5, 5.41) is 0. The first-order chi connectivity index (χ1) is 8.58. The Bertz CT molecular complexity index is 619. The highest BCUT2D eigenvalue weighted by Gasteiger charge is 2.30. The molecule has 0 amide bonds. The molecule has 0 atom stereocenters. The molecule has 0 unspecified atom stereocenters. The molecule has 3 rings (SSSR count). The molecule has 4 nitrogen and oxygen atoms in total. The topological polar surface area (TPSA) is 69.9 Å². The van der Waals surface area contributed by atoms with Gasteiger partial charge < -0.3 is 11.6 Å². The summed E-state index contributed by atoms with van der Waals surface area (Å²) in [5.74, 6) is 7.09. The number of nitrogens with zero attached hydrogens (tertiary/aromatic N) is 2. The van der Waals surface area contributed by atoms with Crippen molar-refractivity contribution in [1.29, 1.82) is 0 Å². The Morgan fingerprint density at radius 3 is 2.72 bits per heavy atom. The summed E-state index contributed by atoms with van der Waals surface area (Å²) in [5.41, 5.74) is 7.12. The van der Waals surface area contributed by atoms with Gasteiger partial charge in [0.25, 0.3) is 0 Å². The first-order valence-corrected chi connectivity index (χ1v) is 6.46. The van der Waals surface area contributed by atoms with Gasteiger partial charge in [0.2, 0.25) is 0 Å². The zero-order valence-corrected chi connectivity index (χ0v) is 11.1. The molecule has 2 aromatic rings. The summed E-state index contributed by atoms with van der Waals surface area (Å²) in [4.78, 5) is 4.44. The van der Waals surface area contributed by atoms with Crippen molar-refractivity contribution < 1.29 is 4.39 Å². The normalized spacial score (nSPS) is 15.0. The average Bonchev–Trinajstić information content (AvgIpc) is 3.13. The van der Waals surface area contributed by atoms with Crippen molar-refractivity contribution in [1.82, 2.24) is 9.66 Å². The molecule has 1 fully saturated rings. The summed E-state index contributed by atoms with van der Waals surface area (Å²) in [6.07, 6.45) is 2.17. The van der Waals surface area contributed by atoms with E-state index in [-0.39, 0.29) is 5.82 Å². The standard InChI is InChI=1S/C12H12BrFN4/c13-8-4-3-7(5-9(8)14)10-11(15)18(16)12(17-10)6-1-2-6/h3-6H,1-2,15-16H2. The van der Waals surface area contributed by atoms with E-state index in [1.54, 1.807) is 12.1 Å². The zero-order chi connectivity index (χ0) is 12.9. The van der Waals surface area contributed by atoms with Gasteiger partial charge in [-0.05, 0) is 40.9 Å². The van der Waals surface area contributed by atoms with Gasteiger partial charge in [-0.2, -0.15) is 0 Å². The Balaban J connectivity index is 2.10. The second-order valence-corrected chi connectivity index (χ2v) is 5.33. The number of hydrogen-bond acceptors (Lipinski definition) is 3. The molecular weight excluding hydrogens is 299 g/mol. The molecule has 1 aliphatic carbocycles. The van der Waals surface area contributed by atoms with E-state index < -0.39 is 0 Å². The molecule has 0 aliphatic heterocycles. The highest BCUT2D eigenvalue weighted by Crippen LogP contribution is 2.41. The van der Waals surface area contributed by atoms with E-state index in [1.165, 1.54) is 10.7 Å². The molecule has 1 aromatic heterocycles. The third kappa shape index (κ3) is 1.77. The minimum absolute atomic E-state index is 0.341. The van der Waals surface area contributed by atoms with Crippen LogP contribution in [0.2, 0.25) is 0 Å². The van der Waals surface area contributed by atoms with Crippen molar-refractivity contribution in [3.8, 4) is 11.3 Å². The van der Waals surface area contributed by atoms with E-state index in [0.29, 0.717) is 27.5 Å². The number of anilines is 1. The Morgan fingerprint density at radius 2 is 2.11 bits per heavy atom. The third-order valence-electron chi connectivity index (χ3n) is 3.11. The molecule has 0 saturated heterocycles. The number of aromatic nitrogens is 2. The molecule has 4 N–H and O–H groups in total. The lowest BCUT2D eigenvalue weighted by Gasteiger charge is -2.02. The first kappa shape index (κ1) is 11.5. The highest BCUT2D eigenvalue weighted by molar-refractivity contribution is 9.10. The predicted molar refractivity (Wildman–Crippen MR) is 71.9 cm³/mol. The Labute approximate surface area is 112 Å². The average molecular weight is 311 g/mol. The van der Waals surface area contributed by atoms with E-state index in [9.17, 15) is 4.39 Å². The third-order valence-corrected chi connectivity index (χ3v) is 3.75. The zero-order valence-electron chi connectivity index (χ0n) is 9.53. The summed E-state index contributed by atoms with van der Waals surface area (Å²) in [6, 6.07) is 4.80. The lowest BCUT2D eigenvalue weighted by molar-refractivity contribution is 0.621. The van der Waals surface area contributed by atoms with Gasteiger partial charge in [0.1, 0.15) is 17.3 Å². The highest BCUT2D eigenvalue weighted by atomic mass is 79.9. The minimum Gasteiger partial charge on any atom is -0.382 e. The van der Waals surface area contributed by atoms with Gasteiger partial charge >= 0.3 is 0 Å². The molecule has 6 heteroatoms.